The average Bonchev–Trinajstić information content (AvgIpc) is 2.52. The van der Waals surface area contributed by atoms with Crippen LogP contribution in [0.25, 0.3) is 0 Å². The summed E-state index contributed by atoms with van der Waals surface area (Å²) in [7, 11) is -5.43. The molecule has 1 aliphatic heterocycles. The van der Waals surface area contributed by atoms with Crippen LogP contribution in [0.15, 0.2) is 30.3 Å². The monoisotopic (exact) mass is 366 g/mol. The number of benzene rings is 1. The third kappa shape index (κ3) is 4.84. The third-order valence-corrected chi connectivity index (χ3v) is 4.76. The van der Waals surface area contributed by atoms with Crippen LogP contribution < -0.4 is 4.72 Å². The molecule has 10 heteroatoms. The Kier molecular flexibility index (Phi) is 5.70. The normalized spacial score (nSPS) is 19.1. The fraction of sp³-hybridized carbons (Fsp3) is 0.500. The average molecular weight is 366 g/mol. The number of piperidine rings is 1. The number of rotatable bonds is 4. The van der Waals surface area contributed by atoms with Gasteiger partial charge in [-0.15, -0.1) is 0 Å². The molecule has 0 spiro atoms. The Morgan fingerprint density at radius 2 is 1.96 bits per heavy atom. The van der Waals surface area contributed by atoms with Crippen LogP contribution in [0.4, 0.5) is 18.0 Å². The minimum absolute atomic E-state index is 0.0368. The first-order valence-corrected chi connectivity index (χ1v) is 8.71. The number of carbonyl (C=O) groups excluding carboxylic acids is 1. The van der Waals surface area contributed by atoms with E-state index in [1.807, 2.05) is 6.07 Å². The second kappa shape index (κ2) is 7.39. The van der Waals surface area contributed by atoms with Gasteiger partial charge in [0.05, 0.1) is 0 Å². The molecule has 1 atom stereocenters. The van der Waals surface area contributed by atoms with Gasteiger partial charge in [-0.2, -0.15) is 13.2 Å². The molecule has 0 saturated carbocycles. The van der Waals surface area contributed by atoms with Gasteiger partial charge in [0.1, 0.15) is 6.61 Å². The number of halogens is 3. The van der Waals surface area contributed by atoms with Crippen molar-refractivity contribution in [1.29, 1.82) is 0 Å². The molecule has 1 aliphatic rings. The molecule has 1 unspecified atom stereocenters. The predicted molar refractivity (Wildman–Crippen MR) is 79.3 cm³/mol. The van der Waals surface area contributed by atoms with Crippen LogP contribution in [-0.2, 0) is 21.4 Å². The number of carbonyl (C=O) groups is 1. The summed E-state index contributed by atoms with van der Waals surface area (Å²) >= 11 is 0. The Morgan fingerprint density at radius 1 is 1.29 bits per heavy atom. The zero-order valence-corrected chi connectivity index (χ0v) is 13.4. The number of alkyl halides is 3. The highest BCUT2D eigenvalue weighted by Gasteiger charge is 2.47. The van der Waals surface area contributed by atoms with Crippen molar-refractivity contribution in [3.63, 3.8) is 0 Å². The number of hydrogen-bond donors (Lipinski definition) is 1. The number of ether oxygens (including phenoxy) is 1. The van der Waals surface area contributed by atoms with Gasteiger partial charge in [0, 0.05) is 19.1 Å². The predicted octanol–water partition coefficient (Wildman–Crippen LogP) is 2.23. The first-order valence-electron chi connectivity index (χ1n) is 7.23. The highest BCUT2D eigenvalue weighted by Crippen LogP contribution is 2.23. The zero-order chi connectivity index (χ0) is 17.8. The smallest absolute Gasteiger partial charge is 0.445 e. The Morgan fingerprint density at radius 3 is 2.58 bits per heavy atom. The van der Waals surface area contributed by atoms with Crippen molar-refractivity contribution in [1.82, 2.24) is 9.62 Å². The fourth-order valence-corrected chi connectivity index (χ4v) is 3.10. The minimum atomic E-state index is -5.43. The Balaban J connectivity index is 1.89. The number of likely N-dealkylation sites (tertiary alicyclic amines) is 1. The molecule has 24 heavy (non-hydrogen) atoms. The van der Waals surface area contributed by atoms with Crippen molar-refractivity contribution in [2.45, 2.75) is 31.0 Å². The van der Waals surface area contributed by atoms with E-state index in [1.54, 1.807) is 29.0 Å². The van der Waals surface area contributed by atoms with E-state index in [2.05, 4.69) is 0 Å². The van der Waals surface area contributed by atoms with E-state index in [0.29, 0.717) is 13.0 Å². The fourth-order valence-electron chi connectivity index (χ4n) is 2.34. The summed E-state index contributed by atoms with van der Waals surface area (Å²) in [6.07, 6.45) is -0.0850. The minimum Gasteiger partial charge on any atom is -0.445 e. The van der Waals surface area contributed by atoms with E-state index >= 15 is 0 Å². The molecule has 1 N–H and O–H groups in total. The zero-order valence-electron chi connectivity index (χ0n) is 12.6. The van der Waals surface area contributed by atoms with E-state index in [-0.39, 0.29) is 19.6 Å². The van der Waals surface area contributed by atoms with Gasteiger partial charge in [-0.1, -0.05) is 30.3 Å². The van der Waals surface area contributed by atoms with Gasteiger partial charge in [-0.25, -0.2) is 17.9 Å². The molecular weight excluding hydrogens is 349 g/mol. The van der Waals surface area contributed by atoms with Crippen molar-refractivity contribution in [2.24, 2.45) is 0 Å². The Labute approximate surface area is 137 Å². The van der Waals surface area contributed by atoms with Gasteiger partial charge >= 0.3 is 21.6 Å². The molecule has 1 heterocycles. The third-order valence-electron chi connectivity index (χ3n) is 3.51. The molecule has 1 amide bonds. The summed E-state index contributed by atoms with van der Waals surface area (Å²) < 4.78 is 66.2. The molecule has 6 nitrogen and oxygen atoms in total. The number of amides is 1. The summed E-state index contributed by atoms with van der Waals surface area (Å²) in [4.78, 5) is 13.2. The van der Waals surface area contributed by atoms with Gasteiger partial charge < -0.3 is 9.64 Å². The molecule has 1 aromatic carbocycles. The van der Waals surface area contributed by atoms with Crippen molar-refractivity contribution in [3.8, 4) is 0 Å². The van der Waals surface area contributed by atoms with Crippen molar-refractivity contribution in [2.75, 3.05) is 13.1 Å². The molecule has 1 aromatic rings. The molecule has 0 bridgehead atoms. The first-order chi connectivity index (χ1) is 11.2. The summed E-state index contributed by atoms with van der Waals surface area (Å²) in [5.74, 6) is 0. The van der Waals surface area contributed by atoms with E-state index in [9.17, 15) is 26.4 Å². The van der Waals surface area contributed by atoms with Crippen LogP contribution in [0.5, 0.6) is 0 Å². The molecule has 1 fully saturated rings. The van der Waals surface area contributed by atoms with E-state index in [0.717, 1.165) is 5.56 Å². The number of nitrogens with zero attached hydrogens (tertiary/aromatic N) is 1. The Hall–Kier alpha value is -1.81. The van der Waals surface area contributed by atoms with Crippen molar-refractivity contribution < 1.29 is 31.1 Å². The lowest BCUT2D eigenvalue weighted by Crippen LogP contribution is -2.52. The molecule has 0 aliphatic carbocycles. The lowest BCUT2D eigenvalue weighted by atomic mass is 10.1. The maximum atomic E-state index is 12.4. The SMILES string of the molecule is O=C(OCc1ccccc1)N1CCCC(NS(=O)(=O)C(F)(F)F)C1. The molecule has 134 valence electrons. The molecule has 1 saturated heterocycles. The summed E-state index contributed by atoms with van der Waals surface area (Å²) in [6.45, 7) is 0.177. The topological polar surface area (TPSA) is 75.7 Å². The summed E-state index contributed by atoms with van der Waals surface area (Å²) in [5, 5.41) is 0. The molecule has 0 radical (unpaired) electrons. The standard InChI is InChI=1S/C14H17F3N2O4S/c15-14(16,17)24(21,22)18-12-7-4-8-19(9-12)13(20)23-10-11-5-2-1-3-6-11/h1-3,5-6,12,18H,4,7-10H2. The number of hydrogen-bond acceptors (Lipinski definition) is 4. The maximum absolute atomic E-state index is 12.4. The van der Waals surface area contributed by atoms with Gasteiger partial charge in [-0.05, 0) is 18.4 Å². The maximum Gasteiger partial charge on any atom is 0.511 e. The second-order valence-corrected chi connectivity index (χ2v) is 7.10. The van der Waals surface area contributed by atoms with E-state index < -0.39 is 27.7 Å². The number of sulfonamides is 1. The highest BCUT2D eigenvalue weighted by molar-refractivity contribution is 7.90. The van der Waals surface area contributed by atoms with Gasteiger partial charge in [0.2, 0.25) is 0 Å². The second-order valence-electron chi connectivity index (χ2n) is 5.39. The lowest BCUT2D eigenvalue weighted by molar-refractivity contribution is -0.0453. The van der Waals surface area contributed by atoms with E-state index in [1.165, 1.54) is 4.90 Å². The van der Waals surface area contributed by atoms with Crippen LogP contribution in [0.3, 0.4) is 0 Å². The largest absolute Gasteiger partial charge is 0.511 e. The van der Waals surface area contributed by atoms with Crippen LogP contribution in [0.2, 0.25) is 0 Å². The van der Waals surface area contributed by atoms with Crippen LogP contribution in [0.1, 0.15) is 18.4 Å². The van der Waals surface area contributed by atoms with Gasteiger partial charge in [0.15, 0.2) is 0 Å². The highest BCUT2D eigenvalue weighted by atomic mass is 32.2. The Bertz CT molecular complexity index is 664. The molecular formula is C14H17F3N2O4S. The first kappa shape index (κ1) is 18.5. The van der Waals surface area contributed by atoms with Gasteiger partial charge in [-0.3, -0.25) is 0 Å². The molecule has 2 rings (SSSR count). The van der Waals surface area contributed by atoms with Crippen molar-refractivity contribution in [3.05, 3.63) is 35.9 Å². The lowest BCUT2D eigenvalue weighted by Gasteiger charge is -2.32. The van der Waals surface area contributed by atoms with E-state index in [4.69, 9.17) is 4.74 Å². The van der Waals surface area contributed by atoms with Crippen molar-refractivity contribution >= 4 is 16.1 Å². The van der Waals surface area contributed by atoms with Gasteiger partial charge in [0.25, 0.3) is 0 Å². The summed E-state index contributed by atoms with van der Waals surface area (Å²) in [6, 6.07) is 7.92. The quantitative estimate of drug-likeness (QED) is 0.887. The van der Waals surface area contributed by atoms with Crippen LogP contribution in [-0.4, -0.2) is 44.1 Å². The van der Waals surface area contributed by atoms with Crippen LogP contribution in [0, 0.1) is 0 Å². The summed E-state index contributed by atoms with van der Waals surface area (Å²) in [5.41, 5.74) is -4.60. The molecule has 0 aromatic heterocycles. The number of nitrogens with one attached hydrogen (secondary N) is 1. The van der Waals surface area contributed by atoms with Crippen LogP contribution >= 0.6 is 0 Å².